The highest BCUT2D eigenvalue weighted by Gasteiger charge is 2.18. The van der Waals surface area contributed by atoms with E-state index in [0.29, 0.717) is 5.76 Å². The van der Waals surface area contributed by atoms with Crippen molar-refractivity contribution in [2.45, 2.75) is 12.8 Å². The Hall–Kier alpha value is -2.56. The average Bonchev–Trinajstić information content (AvgIpc) is 2.94. The summed E-state index contributed by atoms with van der Waals surface area (Å²) in [4.78, 5) is 22.9. The number of methoxy groups -OCH3 is 1. The third kappa shape index (κ3) is 3.72. The number of benzene rings is 1. The molecular formula is C16H17NO4. The largest absolute Gasteiger partial charge is 0.466 e. The zero-order valence-corrected chi connectivity index (χ0v) is 12.0. The minimum atomic E-state index is -0.449. The number of rotatable bonds is 5. The van der Waals surface area contributed by atoms with Gasteiger partial charge in [0.15, 0.2) is 0 Å². The lowest BCUT2D eigenvalue weighted by molar-refractivity contribution is -0.134. The molecule has 1 aromatic heterocycles. The number of esters is 1. The van der Waals surface area contributed by atoms with E-state index in [2.05, 4.69) is 10.1 Å². The van der Waals surface area contributed by atoms with Crippen molar-refractivity contribution in [1.29, 1.82) is 0 Å². The van der Waals surface area contributed by atoms with Crippen LogP contribution < -0.4 is 5.32 Å². The Labute approximate surface area is 122 Å². The molecule has 0 aliphatic carbocycles. The molecule has 0 spiro atoms. The molecule has 5 nitrogen and oxygen atoms in total. The Morgan fingerprint density at radius 2 is 2.14 bits per heavy atom. The van der Waals surface area contributed by atoms with E-state index >= 15 is 0 Å². The molecule has 0 saturated heterocycles. The zero-order chi connectivity index (χ0) is 15.2. The minimum Gasteiger partial charge on any atom is -0.466 e. The zero-order valence-electron chi connectivity index (χ0n) is 12.0. The standard InChI is InChI=1S/C16H17NO4/c1-11(16(19)17-9-5-8-15(18)20-2)14-10-12-6-3-4-7-13(12)21-14/h3-8,10-11H,9H2,1-2H3,(H,17,19)/b8-5+. The molecule has 0 aliphatic heterocycles. The third-order valence-corrected chi connectivity index (χ3v) is 3.11. The number of hydrogen-bond donors (Lipinski definition) is 1. The molecule has 0 saturated carbocycles. The predicted molar refractivity (Wildman–Crippen MR) is 78.8 cm³/mol. The van der Waals surface area contributed by atoms with E-state index in [1.165, 1.54) is 19.3 Å². The van der Waals surface area contributed by atoms with Gasteiger partial charge in [-0.2, -0.15) is 0 Å². The number of ether oxygens (including phenoxy) is 1. The van der Waals surface area contributed by atoms with Gasteiger partial charge in [0.2, 0.25) is 5.91 Å². The third-order valence-electron chi connectivity index (χ3n) is 3.11. The van der Waals surface area contributed by atoms with Crippen LogP contribution in [0.15, 0.2) is 46.9 Å². The van der Waals surface area contributed by atoms with E-state index in [9.17, 15) is 9.59 Å². The molecule has 1 heterocycles. The second-order valence-electron chi connectivity index (χ2n) is 4.58. The molecule has 1 amide bonds. The first-order valence-electron chi connectivity index (χ1n) is 6.62. The van der Waals surface area contributed by atoms with Crippen molar-refractivity contribution >= 4 is 22.8 Å². The van der Waals surface area contributed by atoms with Crippen LogP contribution in [0.2, 0.25) is 0 Å². The summed E-state index contributed by atoms with van der Waals surface area (Å²) in [6.07, 6.45) is 2.81. The molecule has 0 bridgehead atoms. The number of amides is 1. The first kappa shape index (κ1) is 14.8. The fraction of sp³-hybridized carbons (Fsp3) is 0.250. The van der Waals surface area contributed by atoms with Crippen molar-refractivity contribution in [3.8, 4) is 0 Å². The van der Waals surface area contributed by atoms with E-state index in [0.717, 1.165) is 11.0 Å². The van der Waals surface area contributed by atoms with Crippen LogP contribution in [0.25, 0.3) is 11.0 Å². The minimum absolute atomic E-state index is 0.163. The van der Waals surface area contributed by atoms with Crippen LogP contribution in [0, 0.1) is 0 Å². The molecule has 0 fully saturated rings. The Balaban J connectivity index is 1.95. The van der Waals surface area contributed by atoms with E-state index < -0.39 is 11.9 Å². The number of furan rings is 1. The Bertz CT molecular complexity index is 639. The second-order valence-corrected chi connectivity index (χ2v) is 4.58. The van der Waals surface area contributed by atoms with Gasteiger partial charge in [0.25, 0.3) is 0 Å². The first-order chi connectivity index (χ1) is 10.1. The van der Waals surface area contributed by atoms with E-state index in [4.69, 9.17) is 4.42 Å². The molecule has 110 valence electrons. The van der Waals surface area contributed by atoms with Crippen molar-refractivity contribution in [3.63, 3.8) is 0 Å². The highest BCUT2D eigenvalue weighted by molar-refractivity contribution is 5.86. The van der Waals surface area contributed by atoms with Crippen LogP contribution in [0.5, 0.6) is 0 Å². The number of hydrogen-bond acceptors (Lipinski definition) is 4. The maximum absolute atomic E-state index is 12.0. The fourth-order valence-electron chi connectivity index (χ4n) is 1.88. The molecule has 0 radical (unpaired) electrons. The van der Waals surface area contributed by atoms with E-state index in [-0.39, 0.29) is 12.5 Å². The predicted octanol–water partition coefficient (Wildman–Crippen LogP) is 2.38. The highest BCUT2D eigenvalue weighted by atomic mass is 16.5. The summed E-state index contributed by atoms with van der Waals surface area (Å²) in [7, 11) is 1.30. The highest BCUT2D eigenvalue weighted by Crippen LogP contribution is 2.24. The van der Waals surface area contributed by atoms with Gasteiger partial charge in [-0.15, -0.1) is 0 Å². The first-order valence-corrected chi connectivity index (χ1v) is 6.62. The van der Waals surface area contributed by atoms with Crippen molar-refractivity contribution in [2.75, 3.05) is 13.7 Å². The summed E-state index contributed by atoms with van der Waals surface area (Å²) in [5, 5.41) is 3.68. The SMILES string of the molecule is COC(=O)/C=C/CNC(=O)C(C)c1cc2ccccc2o1. The molecule has 1 unspecified atom stereocenters. The van der Waals surface area contributed by atoms with Crippen molar-refractivity contribution in [1.82, 2.24) is 5.32 Å². The maximum Gasteiger partial charge on any atom is 0.330 e. The summed E-state index contributed by atoms with van der Waals surface area (Å²) in [5.74, 6) is -0.396. The van der Waals surface area contributed by atoms with Crippen LogP contribution in [0.4, 0.5) is 0 Å². The quantitative estimate of drug-likeness (QED) is 0.677. The summed E-state index contributed by atoms with van der Waals surface area (Å²) >= 11 is 0. The lowest BCUT2D eigenvalue weighted by Crippen LogP contribution is -2.27. The molecule has 2 rings (SSSR count). The maximum atomic E-state index is 12.0. The van der Waals surface area contributed by atoms with Crippen LogP contribution in [0.1, 0.15) is 18.6 Å². The lowest BCUT2D eigenvalue weighted by Gasteiger charge is -2.07. The molecule has 1 N–H and O–H groups in total. The number of fused-ring (bicyclic) bond motifs is 1. The van der Waals surface area contributed by atoms with Gasteiger partial charge in [-0.25, -0.2) is 4.79 Å². The Morgan fingerprint density at radius 1 is 1.38 bits per heavy atom. The Kier molecular flexibility index (Phi) is 4.77. The number of carbonyl (C=O) groups excluding carboxylic acids is 2. The van der Waals surface area contributed by atoms with E-state index in [1.807, 2.05) is 30.3 Å². The smallest absolute Gasteiger partial charge is 0.330 e. The fourth-order valence-corrected chi connectivity index (χ4v) is 1.88. The number of carbonyl (C=O) groups is 2. The van der Waals surface area contributed by atoms with Crippen LogP contribution in [0.3, 0.4) is 0 Å². The van der Waals surface area contributed by atoms with Crippen molar-refractivity contribution < 1.29 is 18.7 Å². The van der Waals surface area contributed by atoms with Gasteiger partial charge < -0.3 is 14.5 Å². The molecule has 1 aromatic carbocycles. The van der Waals surface area contributed by atoms with Gasteiger partial charge in [0.1, 0.15) is 11.3 Å². The summed E-state index contributed by atoms with van der Waals surface area (Å²) in [6, 6.07) is 9.47. The second kappa shape index (κ2) is 6.74. The average molecular weight is 287 g/mol. The molecule has 1 atom stereocenters. The normalized spacial score (nSPS) is 12.5. The van der Waals surface area contributed by atoms with Crippen LogP contribution in [-0.2, 0) is 14.3 Å². The monoisotopic (exact) mass is 287 g/mol. The van der Waals surface area contributed by atoms with Crippen molar-refractivity contribution in [2.24, 2.45) is 0 Å². The van der Waals surface area contributed by atoms with Crippen LogP contribution in [-0.4, -0.2) is 25.5 Å². The molecule has 21 heavy (non-hydrogen) atoms. The molecular weight excluding hydrogens is 270 g/mol. The molecule has 0 aliphatic rings. The van der Waals surface area contributed by atoms with Crippen LogP contribution >= 0.6 is 0 Å². The van der Waals surface area contributed by atoms with Gasteiger partial charge in [-0.3, -0.25) is 4.79 Å². The summed E-state index contributed by atoms with van der Waals surface area (Å²) in [5.41, 5.74) is 0.762. The summed E-state index contributed by atoms with van der Waals surface area (Å²) in [6.45, 7) is 2.04. The van der Waals surface area contributed by atoms with Gasteiger partial charge in [0, 0.05) is 18.0 Å². The Morgan fingerprint density at radius 3 is 2.86 bits per heavy atom. The van der Waals surface area contributed by atoms with Gasteiger partial charge in [-0.1, -0.05) is 24.3 Å². The van der Waals surface area contributed by atoms with Gasteiger partial charge in [-0.05, 0) is 19.1 Å². The van der Waals surface area contributed by atoms with Gasteiger partial charge in [0.05, 0.1) is 13.0 Å². The topological polar surface area (TPSA) is 68.5 Å². The molecule has 2 aromatic rings. The lowest BCUT2D eigenvalue weighted by atomic mass is 10.1. The van der Waals surface area contributed by atoms with Crippen molar-refractivity contribution in [3.05, 3.63) is 48.2 Å². The summed E-state index contributed by atoms with van der Waals surface area (Å²) < 4.78 is 10.1. The number of nitrogens with one attached hydrogen (secondary N) is 1. The van der Waals surface area contributed by atoms with E-state index in [1.54, 1.807) is 6.92 Å². The van der Waals surface area contributed by atoms with Gasteiger partial charge >= 0.3 is 5.97 Å². The molecule has 5 heteroatoms. The number of para-hydroxylation sites is 1.